The fourth-order valence-electron chi connectivity index (χ4n) is 1.81. The molecule has 2 rings (SSSR count). The van der Waals surface area contributed by atoms with Crippen LogP contribution in [0, 0.1) is 29.9 Å². The highest BCUT2D eigenvalue weighted by Crippen LogP contribution is 2.17. The number of carbonyl (C=O) groups excluding carboxylic acids is 1. The Morgan fingerprint density at radius 1 is 1.17 bits per heavy atom. The van der Waals surface area contributed by atoms with Crippen LogP contribution in [0.25, 0.3) is 0 Å². The Bertz CT molecular complexity index is 810. The topological polar surface area (TPSA) is 64.9 Å². The molecule has 0 aromatic heterocycles. The van der Waals surface area contributed by atoms with E-state index in [0.29, 0.717) is 5.69 Å². The highest BCUT2D eigenvalue weighted by Gasteiger charge is 2.11. The van der Waals surface area contributed by atoms with Crippen LogP contribution < -0.4 is 10.6 Å². The van der Waals surface area contributed by atoms with E-state index >= 15 is 0 Å². The van der Waals surface area contributed by atoms with E-state index in [2.05, 4.69) is 10.6 Å². The lowest BCUT2D eigenvalue weighted by molar-refractivity contribution is -0.112. The second-order valence-corrected chi connectivity index (χ2v) is 4.71. The maximum atomic E-state index is 13.5. The van der Waals surface area contributed by atoms with Crippen LogP contribution in [0.15, 0.2) is 54.2 Å². The van der Waals surface area contributed by atoms with Crippen molar-refractivity contribution >= 4 is 17.3 Å². The average molecular weight is 313 g/mol. The van der Waals surface area contributed by atoms with Gasteiger partial charge in [-0.1, -0.05) is 18.2 Å². The SMILES string of the molecule is Cc1ccccc1NC(=O)/C(C#N)=C\Nc1cc(F)ccc1F. The van der Waals surface area contributed by atoms with Crippen molar-refractivity contribution in [1.29, 1.82) is 5.26 Å². The molecule has 0 spiro atoms. The van der Waals surface area contributed by atoms with Gasteiger partial charge in [-0.2, -0.15) is 5.26 Å². The van der Waals surface area contributed by atoms with Crippen molar-refractivity contribution < 1.29 is 13.6 Å². The van der Waals surface area contributed by atoms with Gasteiger partial charge in [-0.25, -0.2) is 8.78 Å². The molecule has 6 heteroatoms. The number of nitriles is 1. The molecule has 0 saturated carbocycles. The molecule has 1 amide bonds. The molecule has 4 nitrogen and oxygen atoms in total. The van der Waals surface area contributed by atoms with E-state index in [-0.39, 0.29) is 11.3 Å². The highest BCUT2D eigenvalue weighted by atomic mass is 19.1. The first-order valence-electron chi connectivity index (χ1n) is 6.70. The Hall–Kier alpha value is -3.20. The maximum Gasteiger partial charge on any atom is 0.267 e. The summed E-state index contributed by atoms with van der Waals surface area (Å²) in [6.07, 6.45) is 1.03. The van der Waals surface area contributed by atoms with Crippen LogP contribution in [0.3, 0.4) is 0 Å². The van der Waals surface area contributed by atoms with Gasteiger partial charge in [-0.15, -0.1) is 0 Å². The monoisotopic (exact) mass is 313 g/mol. The van der Waals surface area contributed by atoms with Gasteiger partial charge in [-0.05, 0) is 30.7 Å². The molecule has 0 heterocycles. The van der Waals surface area contributed by atoms with Gasteiger partial charge in [0, 0.05) is 18.0 Å². The summed E-state index contributed by atoms with van der Waals surface area (Å²) in [6.45, 7) is 1.81. The molecule has 0 fully saturated rings. The standard InChI is InChI=1S/C17H13F2N3O/c1-11-4-2-3-5-15(11)22-17(23)12(9-20)10-21-16-8-13(18)6-7-14(16)19/h2-8,10,21H,1H3,(H,22,23)/b12-10-. The number of benzene rings is 2. The summed E-state index contributed by atoms with van der Waals surface area (Å²) in [5, 5.41) is 14.1. The summed E-state index contributed by atoms with van der Waals surface area (Å²) in [7, 11) is 0. The zero-order chi connectivity index (χ0) is 16.8. The number of aryl methyl sites for hydroxylation is 1. The molecule has 2 aromatic rings. The molecule has 0 radical (unpaired) electrons. The molecule has 0 saturated heterocycles. The molecule has 0 atom stereocenters. The summed E-state index contributed by atoms with van der Waals surface area (Å²) in [6, 6.07) is 11.6. The van der Waals surface area contributed by atoms with Crippen molar-refractivity contribution in [2.75, 3.05) is 10.6 Å². The molecule has 2 aromatic carbocycles. The number of carbonyl (C=O) groups is 1. The highest BCUT2D eigenvalue weighted by molar-refractivity contribution is 6.07. The van der Waals surface area contributed by atoms with Crippen LogP contribution in [-0.4, -0.2) is 5.91 Å². The van der Waals surface area contributed by atoms with Gasteiger partial charge < -0.3 is 10.6 Å². The van der Waals surface area contributed by atoms with Gasteiger partial charge in [0.15, 0.2) is 0 Å². The van der Waals surface area contributed by atoms with E-state index in [1.165, 1.54) is 0 Å². The molecule has 0 aliphatic heterocycles. The smallest absolute Gasteiger partial charge is 0.267 e. The predicted octanol–water partition coefficient (Wildman–Crippen LogP) is 3.73. The van der Waals surface area contributed by atoms with Gasteiger partial charge in [0.2, 0.25) is 0 Å². The zero-order valence-corrected chi connectivity index (χ0v) is 12.2. The quantitative estimate of drug-likeness (QED) is 0.667. The van der Waals surface area contributed by atoms with Crippen molar-refractivity contribution in [1.82, 2.24) is 0 Å². The van der Waals surface area contributed by atoms with Gasteiger partial charge in [0.25, 0.3) is 5.91 Å². The Labute approximate surface area is 132 Å². The number of rotatable bonds is 4. The first-order chi connectivity index (χ1) is 11.0. The molecule has 23 heavy (non-hydrogen) atoms. The normalized spacial score (nSPS) is 10.8. The molecule has 0 bridgehead atoms. The number of nitrogens with one attached hydrogen (secondary N) is 2. The third kappa shape index (κ3) is 4.14. The fourth-order valence-corrected chi connectivity index (χ4v) is 1.81. The minimum absolute atomic E-state index is 0.165. The lowest BCUT2D eigenvalue weighted by Gasteiger charge is -2.08. The van der Waals surface area contributed by atoms with Gasteiger partial charge >= 0.3 is 0 Å². The molecular weight excluding hydrogens is 300 g/mol. The van der Waals surface area contributed by atoms with Gasteiger partial charge in [0.1, 0.15) is 23.3 Å². The van der Waals surface area contributed by atoms with Crippen LogP contribution >= 0.6 is 0 Å². The van der Waals surface area contributed by atoms with Crippen molar-refractivity contribution in [3.8, 4) is 6.07 Å². The number of para-hydroxylation sites is 1. The van der Waals surface area contributed by atoms with Crippen molar-refractivity contribution in [3.63, 3.8) is 0 Å². The van der Waals surface area contributed by atoms with E-state index < -0.39 is 17.5 Å². The van der Waals surface area contributed by atoms with Crippen molar-refractivity contribution in [3.05, 3.63) is 71.4 Å². The molecule has 116 valence electrons. The number of amides is 1. The molecule has 2 N–H and O–H groups in total. The number of halogens is 2. The minimum Gasteiger partial charge on any atom is -0.358 e. The fraction of sp³-hybridized carbons (Fsp3) is 0.0588. The largest absolute Gasteiger partial charge is 0.358 e. The van der Waals surface area contributed by atoms with E-state index in [0.717, 1.165) is 30.0 Å². The van der Waals surface area contributed by atoms with Gasteiger partial charge in [-0.3, -0.25) is 4.79 Å². The summed E-state index contributed by atoms with van der Waals surface area (Å²) in [5.74, 6) is -1.98. The third-order valence-corrected chi connectivity index (χ3v) is 3.06. The predicted molar refractivity (Wildman–Crippen MR) is 83.5 cm³/mol. The first kappa shape index (κ1) is 16.2. The number of hydrogen-bond acceptors (Lipinski definition) is 3. The molecular formula is C17H13F2N3O. The van der Waals surface area contributed by atoms with E-state index in [4.69, 9.17) is 5.26 Å². The lowest BCUT2D eigenvalue weighted by atomic mass is 10.2. The summed E-state index contributed by atoms with van der Waals surface area (Å²) >= 11 is 0. The number of nitrogens with zero attached hydrogens (tertiary/aromatic N) is 1. The lowest BCUT2D eigenvalue weighted by Crippen LogP contribution is -2.15. The van der Waals surface area contributed by atoms with Crippen LogP contribution in [-0.2, 0) is 4.79 Å². The van der Waals surface area contributed by atoms with Crippen molar-refractivity contribution in [2.45, 2.75) is 6.92 Å². The van der Waals surface area contributed by atoms with Crippen LogP contribution in [0.4, 0.5) is 20.2 Å². The van der Waals surface area contributed by atoms with Crippen LogP contribution in [0.1, 0.15) is 5.56 Å². The summed E-state index contributed by atoms with van der Waals surface area (Å²) in [4.78, 5) is 12.1. The van der Waals surface area contributed by atoms with E-state index in [1.54, 1.807) is 18.2 Å². The maximum absolute atomic E-state index is 13.5. The van der Waals surface area contributed by atoms with E-state index in [1.807, 2.05) is 19.1 Å². The second kappa shape index (κ2) is 7.18. The van der Waals surface area contributed by atoms with E-state index in [9.17, 15) is 13.6 Å². The number of hydrogen-bond donors (Lipinski definition) is 2. The second-order valence-electron chi connectivity index (χ2n) is 4.71. The van der Waals surface area contributed by atoms with Crippen molar-refractivity contribution in [2.24, 2.45) is 0 Å². The molecule has 0 aliphatic carbocycles. The summed E-state index contributed by atoms with van der Waals surface area (Å²) in [5.41, 5.74) is 0.969. The average Bonchev–Trinajstić information content (AvgIpc) is 2.53. The Morgan fingerprint density at radius 3 is 2.61 bits per heavy atom. The van der Waals surface area contributed by atoms with Crippen LogP contribution in [0.5, 0.6) is 0 Å². The van der Waals surface area contributed by atoms with Gasteiger partial charge in [0.05, 0.1) is 5.69 Å². The molecule has 0 unspecified atom stereocenters. The zero-order valence-electron chi connectivity index (χ0n) is 12.2. The number of anilines is 2. The first-order valence-corrected chi connectivity index (χ1v) is 6.70. The summed E-state index contributed by atoms with van der Waals surface area (Å²) < 4.78 is 26.6. The molecule has 0 aliphatic rings. The Balaban J connectivity index is 2.16. The van der Waals surface area contributed by atoms with Crippen LogP contribution in [0.2, 0.25) is 0 Å². The Morgan fingerprint density at radius 2 is 1.91 bits per heavy atom. The third-order valence-electron chi connectivity index (χ3n) is 3.06. The minimum atomic E-state index is -0.695. The Kier molecular flexibility index (Phi) is 5.05.